The highest BCUT2D eigenvalue weighted by atomic mass is 16.5. The summed E-state index contributed by atoms with van der Waals surface area (Å²) in [5.74, 6) is 1.25. The number of likely N-dealkylation sites (tertiary alicyclic amines) is 1. The second-order valence-corrected chi connectivity index (χ2v) is 11.1. The number of aldehydes is 1. The lowest BCUT2D eigenvalue weighted by atomic mass is 9.75. The summed E-state index contributed by atoms with van der Waals surface area (Å²) in [4.78, 5) is 28.7. The van der Waals surface area contributed by atoms with Crippen molar-refractivity contribution in [3.63, 3.8) is 0 Å². The van der Waals surface area contributed by atoms with Gasteiger partial charge in [-0.15, -0.1) is 0 Å². The standard InChI is InChI=1S/C36H41NO4/c1-2-3-9-23-40-30-16-12-27(13-17-30)34-25-29(26-38)32-10-5-6-11-33(32)35(34)36(39)28-14-18-31(19-15-28)41-24-22-37-20-7-4-8-21-37/h5-6,10-19,26,29H,2-4,7-9,20-25H2,1H3. The summed E-state index contributed by atoms with van der Waals surface area (Å²) in [6.45, 7) is 6.73. The van der Waals surface area contributed by atoms with Crippen molar-refractivity contribution in [3.05, 3.63) is 95.1 Å². The van der Waals surface area contributed by atoms with Crippen molar-refractivity contribution in [1.82, 2.24) is 4.90 Å². The number of unbranched alkanes of at least 4 members (excludes halogenated alkanes) is 2. The van der Waals surface area contributed by atoms with Crippen LogP contribution in [-0.2, 0) is 4.79 Å². The van der Waals surface area contributed by atoms with Crippen LogP contribution in [0.5, 0.6) is 11.5 Å². The molecule has 0 amide bonds. The van der Waals surface area contributed by atoms with E-state index in [1.807, 2.05) is 72.8 Å². The van der Waals surface area contributed by atoms with E-state index < -0.39 is 0 Å². The number of carbonyl (C=O) groups excluding carboxylic acids is 2. The van der Waals surface area contributed by atoms with Gasteiger partial charge < -0.3 is 14.3 Å². The van der Waals surface area contributed by atoms with Crippen LogP contribution in [0.1, 0.15) is 84.8 Å². The van der Waals surface area contributed by atoms with E-state index in [-0.39, 0.29) is 11.7 Å². The van der Waals surface area contributed by atoms with Crippen LogP contribution in [0.3, 0.4) is 0 Å². The van der Waals surface area contributed by atoms with E-state index in [1.165, 1.54) is 19.3 Å². The molecule has 0 aromatic heterocycles. The Morgan fingerprint density at radius 2 is 1.54 bits per heavy atom. The summed E-state index contributed by atoms with van der Waals surface area (Å²) in [7, 11) is 0. The number of rotatable bonds is 13. The molecule has 1 fully saturated rings. The number of ether oxygens (including phenoxy) is 2. The summed E-state index contributed by atoms with van der Waals surface area (Å²) in [6, 6.07) is 23.2. The highest BCUT2D eigenvalue weighted by Gasteiger charge is 2.31. The maximum absolute atomic E-state index is 14.1. The van der Waals surface area contributed by atoms with Gasteiger partial charge in [-0.1, -0.05) is 62.6 Å². The Bertz CT molecular complexity index is 1340. The van der Waals surface area contributed by atoms with Gasteiger partial charge in [0.15, 0.2) is 5.78 Å². The molecule has 0 saturated carbocycles. The fourth-order valence-corrected chi connectivity index (χ4v) is 5.90. The highest BCUT2D eigenvalue weighted by molar-refractivity contribution is 6.35. The fraction of sp³-hybridized carbons (Fsp3) is 0.389. The summed E-state index contributed by atoms with van der Waals surface area (Å²) in [5, 5.41) is 0. The summed E-state index contributed by atoms with van der Waals surface area (Å²) < 4.78 is 11.9. The lowest BCUT2D eigenvalue weighted by Gasteiger charge is -2.27. The van der Waals surface area contributed by atoms with Gasteiger partial charge in [-0.2, -0.15) is 0 Å². The number of fused-ring (bicyclic) bond motifs is 1. The Morgan fingerprint density at radius 1 is 0.854 bits per heavy atom. The Labute approximate surface area is 244 Å². The van der Waals surface area contributed by atoms with Crippen molar-refractivity contribution in [1.29, 1.82) is 0 Å². The molecule has 3 aromatic carbocycles. The Balaban J connectivity index is 1.38. The lowest BCUT2D eigenvalue weighted by Crippen LogP contribution is -2.33. The van der Waals surface area contributed by atoms with E-state index in [4.69, 9.17) is 9.47 Å². The second kappa shape index (κ2) is 14.3. The van der Waals surface area contributed by atoms with Crippen LogP contribution in [0.2, 0.25) is 0 Å². The largest absolute Gasteiger partial charge is 0.494 e. The van der Waals surface area contributed by atoms with Gasteiger partial charge in [-0.25, -0.2) is 0 Å². The average molecular weight is 552 g/mol. The van der Waals surface area contributed by atoms with Gasteiger partial charge in [0.25, 0.3) is 0 Å². The molecule has 1 atom stereocenters. The molecule has 5 nitrogen and oxygen atoms in total. The van der Waals surface area contributed by atoms with Crippen LogP contribution >= 0.6 is 0 Å². The minimum Gasteiger partial charge on any atom is -0.494 e. The molecular formula is C36H41NO4. The first-order chi connectivity index (χ1) is 20.2. The quantitative estimate of drug-likeness (QED) is 0.124. The van der Waals surface area contributed by atoms with Gasteiger partial charge in [0, 0.05) is 23.6 Å². The molecule has 5 rings (SSSR count). The maximum Gasteiger partial charge on any atom is 0.193 e. The van der Waals surface area contributed by atoms with Gasteiger partial charge in [-0.05, 0) is 97.4 Å². The highest BCUT2D eigenvalue weighted by Crippen LogP contribution is 2.43. The molecule has 0 radical (unpaired) electrons. The number of carbonyl (C=O) groups is 2. The number of benzene rings is 3. The minimum absolute atomic E-state index is 0.0449. The zero-order valence-corrected chi connectivity index (χ0v) is 24.1. The normalized spacial score (nSPS) is 17.1. The smallest absolute Gasteiger partial charge is 0.193 e. The predicted octanol–water partition coefficient (Wildman–Crippen LogP) is 7.60. The third-order valence-corrected chi connectivity index (χ3v) is 8.21. The van der Waals surface area contributed by atoms with Crippen molar-refractivity contribution in [3.8, 4) is 11.5 Å². The predicted molar refractivity (Wildman–Crippen MR) is 165 cm³/mol. The van der Waals surface area contributed by atoms with Crippen LogP contribution in [-0.4, -0.2) is 49.8 Å². The fourth-order valence-electron chi connectivity index (χ4n) is 5.90. The zero-order valence-electron chi connectivity index (χ0n) is 24.1. The monoisotopic (exact) mass is 551 g/mol. The van der Waals surface area contributed by atoms with Crippen LogP contribution in [0.15, 0.2) is 72.8 Å². The number of ketones is 1. The van der Waals surface area contributed by atoms with Gasteiger partial charge in [-0.3, -0.25) is 9.69 Å². The first-order valence-electron chi connectivity index (χ1n) is 15.2. The Kier molecular flexibility index (Phi) is 10.0. The van der Waals surface area contributed by atoms with Gasteiger partial charge in [0.05, 0.1) is 6.61 Å². The molecular weight excluding hydrogens is 510 g/mol. The lowest BCUT2D eigenvalue weighted by molar-refractivity contribution is -0.109. The van der Waals surface area contributed by atoms with Crippen molar-refractivity contribution >= 4 is 23.2 Å². The molecule has 3 aromatic rings. The molecule has 0 N–H and O–H groups in total. The molecule has 1 unspecified atom stereocenters. The third kappa shape index (κ3) is 7.15. The molecule has 5 heteroatoms. The van der Waals surface area contributed by atoms with Crippen LogP contribution in [0, 0.1) is 0 Å². The number of allylic oxidation sites excluding steroid dienone is 2. The van der Waals surface area contributed by atoms with E-state index in [9.17, 15) is 9.59 Å². The van der Waals surface area contributed by atoms with Crippen LogP contribution in [0.4, 0.5) is 0 Å². The number of hydrogen-bond acceptors (Lipinski definition) is 5. The number of nitrogens with zero attached hydrogens (tertiary/aromatic N) is 1. The second-order valence-electron chi connectivity index (χ2n) is 11.1. The van der Waals surface area contributed by atoms with E-state index in [2.05, 4.69) is 11.8 Å². The molecule has 1 heterocycles. The molecule has 1 aliphatic carbocycles. The van der Waals surface area contributed by atoms with Gasteiger partial charge in [0.2, 0.25) is 0 Å². The van der Waals surface area contributed by atoms with E-state index in [1.54, 1.807) is 0 Å². The molecule has 0 bridgehead atoms. The van der Waals surface area contributed by atoms with E-state index in [0.717, 1.165) is 78.9 Å². The summed E-state index contributed by atoms with van der Waals surface area (Å²) in [5.41, 5.74) is 4.84. The van der Waals surface area contributed by atoms with Crippen molar-refractivity contribution in [2.24, 2.45) is 0 Å². The molecule has 214 valence electrons. The zero-order chi connectivity index (χ0) is 28.4. The van der Waals surface area contributed by atoms with Crippen LogP contribution in [0.25, 0.3) is 11.1 Å². The first kappa shape index (κ1) is 28.8. The number of Topliss-reactive ketones (excluding diaryl/α,β-unsaturated/α-hetero) is 1. The van der Waals surface area contributed by atoms with E-state index in [0.29, 0.717) is 30.8 Å². The molecule has 1 saturated heterocycles. The van der Waals surface area contributed by atoms with Crippen molar-refractivity contribution < 1.29 is 19.1 Å². The summed E-state index contributed by atoms with van der Waals surface area (Å²) in [6.07, 6.45) is 8.67. The van der Waals surface area contributed by atoms with Crippen molar-refractivity contribution in [2.75, 3.05) is 32.8 Å². The number of hydrogen-bond donors (Lipinski definition) is 0. The molecule has 41 heavy (non-hydrogen) atoms. The average Bonchev–Trinajstić information content (AvgIpc) is 3.03. The minimum atomic E-state index is -0.293. The number of piperidine rings is 1. The first-order valence-corrected chi connectivity index (χ1v) is 15.2. The molecule has 1 aliphatic heterocycles. The third-order valence-electron chi connectivity index (χ3n) is 8.21. The van der Waals surface area contributed by atoms with Crippen molar-refractivity contribution in [2.45, 2.75) is 57.8 Å². The van der Waals surface area contributed by atoms with Gasteiger partial charge in [0.1, 0.15) is 24.4 Å². The summed E-state index contributed by atoms with van der Waals surface area (Å²) >= 11 is 0. The van der Waals surface area contributed by atoms with Crippen LogP contribution < -0.4 is 9.47 Å². The molecule has 0 spiro atoms. The maximum atomic E-state index is 14.1. The Hall–Kier alpha value is -3.70. The van der Waals surface area contributed by atoms with Gasteiger partial charge >= 0.3 is 0 Å². The topological polar surface area (TPSA) is 55.8 Å². The Morgan fingerprint density at radius 3 is 2.24 bits per heavy atom. The SMILES string of the molecule is CCCCCOc1ccc(C2=C(C(=O)c3ccc(OCCN4CCCCC4)cc3)c3ccccc3C(C=O)C2)cc1. The molecule has 2 aliphatic rings. The van der Waals surface area contributed by atoms with E-state index >= 15 is 0 Å².